The van der Waals surface area contributed by atoms with Crippen LogP contribution in [0.5, 0.6) is 0 Å². The van der Waals surface area contributed by atoms with E-state index >= 15 is 0 Å². The van der Waals surface area contributed by atoms with Gasteiger partial charge in [-0.15, -0.1) is 0 Å². The molecule has 5 heteroatoms. The van der Waals surface area contributed by atoms with Crippen LogP contribution >= 0.6 is 0 Å². The number of amides is 1. The van der Waals surface area contributed by atoms with Crippen molar-refractivity contribution in [3.05, 3.63) is 70.7 Å². The number of aryl methyl sites for hydroxylation is 1. The van der Waals surface area contributed by atoms with Crippen LogP contribution in [0.4, 0.5) is 4.39 Å². The van der Waals surface area contributed by atoms with Crippen LogP contribution in [0, 0.1) is 5.82 Å². The van der Waals surface area contributed by atoms with Crippen molar-refractivity contribution in [2.45, 2.75) is 38.8 Å². The molecule has 1 aliphatic carbocycles. The maximum absolute atomic E-state index is 13.9. The SMILES string of the molecule is CCNC(=O)c1ccc2[nH]c3c(c2c1)CCCC3NCc1ccccc1F. The summed E-state index contributed by atoms with van der Waals surface area (Å²) in [5.41, 5.74) is 4.86. The van der Waals surface area contributed by atoms with Crippen molar-refractivity contribution in [3.63, 3.8) is 0 Å². The molecule has 4 rings (SSSR count). The van der Waals surface area contributed by atoms with Crippen molar-refractivity contribution in [3.8, 4) is 0 Å². The highest BCUT2D eigenvalue weighted by molar-refractivity contribution is 5.99. The molecule has 1 unspecified atom stereocenters. The molecule has 1 heterocycles. The van der Waals surface area contributed by atoms with Crippen molar-refractivity contribution >= 4 is 16.8 Å². The predicted molar refractivity (Wildman–Crippen MR) is 105 cm³/mol. The molecule has 2 aromatic carbocycles. The fraction of sp³-hybridized carbons (Fsp3) is 0.318. The van der Waals surface area contributed by atoms with Crippen LogP contribution in [-0.2, 0) is 13.0 Å². The van der Waals surface area contributed by atoms with Crippen molar-refractivity contribution in [1.29, 1.82) is 0 Å². The third-order valence-electron chi connectivity index (χ3n) is 5.30. The number of H-pyrrole nitrogens is 1. The van der Waals surface area contributed by atoms with Crippen LogP contribution in [0.3, 0.4) is 0 Å². The Balaban J connectivity index is 1.61. The first kappa shape index (κ1) is 17.7. The van der Waals surface area contributed by atoms with Crippen LogP contribution in [0.2, 0.25) is 0 Å². The fourth-order valence-electron chi connectivity index (χ4n) is 3.95. The lowest BCUT2D eigenvalue weighted by molar-refractivity contribution is 0.0956. The first-order valence-electron chi connectivity index (χ1n) is 9.57. The van der Waals surface area contributed by atoms with Crippen LogP contribution in [0.1, 0.15) is 53.0 Å². The molecule has 4 nitrogen and oxygen atoms in total. The quantitative estimate of drug-likeness (QED) is 0.634. The number of hydrogen-bond donors (Lipinski definition) is 3. The molecule has 0 bridgehead atoms. The second-order valence-corrected chi connectivity index (χ2v) is 7.05. The molecule has 0 saturated heterocycles. The number of nitrogens with one attached hydrogen (secondary N) is 3. The molecule has 3 N–H and O–H groups in total. The Morgan fingerprint density at radius 3 is 2.93 bits per heavy atom. The topological polar surface area (TPSA) is 56.9 Å². The maximum atomic E-state index is 13.9. The fourth-order valence-corrected chi connectivity index (χ4v) is 3.95. The van der Waals surface area contributed by atoms with Gasteiger partial charge in [0, 0.05) is 46.9 Å². The summed E-state index contributed by atoms with van der Waals surface area (Å²) in [4.78, 5) is 15.7. The number of aromatic amines is 1. The van der Waals surface area contributed by atoms with Gasteiger partial charge in [-0.05, 0) is 56.0 Å². The second-order valence-electron chi connectivity index (χ2n) is 7.05. The number of carbonyl (C=O) groups is 1. The summed E-state index contributed by atoms with van der Waals surface area (Å²) in [5.74, 6) is -0.219. The number of fused-ring (bicyclic) bond motifs is 3. The van der Waals surface area contributed by atoms with E-state index in [4.69, 9.17) is 0 Å². The Morgan fingerprint density at radius 2 is 2.11 bits per heavy atom. The minimum absolute atomic E-state index is 0.0422. The lowest BCUT2D eigenvalue weighted by Crippen LogP contribution is -2.25. The lowest BCUT2D eigenvalue weighted by Gasteiger charge is -2.24. The summed E-state index contributed by atoms with van der Waals surface area (Å²) in [7, 11) is 0. The van der Waals surface area contributed by atoms with Crippen LogP contribution in [-0.4, -0.2) is 17.4 Å². The average Bonchev–Trinajstić information content (AvgIpc) is 3.06. The summed E-state index contributed by atoms with van der Waals surface area (Å²) < 4.78 is 13.9. The number of carbonyl (C=O) groups excluding carboxylic acids is 1. The number of aromatic nitrogens is 1. The van der Waals surface area contributed by atoms with E-state index in [1.807, 2.05) is 37.3 Å². The number of hydrogen-bond acceptors (Lipinski definition) is 2. The third-order valence-corrected chi connectivity index (χ3v) is 5.30. The molecule has 0 aliphatic heterocycles. The molecule has 1 aromatic heterocycles. The van der Waals surface area contributed by atoms with Gasteiger partial charge in [0.2, 0.25) is 0 Å². The van der Waals surface area contributed by atoms with Gasteiger partial charge >= 0.3 is 0 Å². The van der Waals surface area contributed by atoms with Crippen molar-refractivity contribution in [2.24, 2.45) is 0 Å². The van der Waals surface area contributed by atoms with Crippen LogP contribution < -0.4 is 10.6 Å². The van der Waals surface area contributed by atoms with Crippen LogP contribution in [0.15, 0.2) is 42.5 Å². The smallest absolute Gasteiger partial charge is 0.251 e. The zero-order valence-corrected chi connectivity index (χ0v) is 15.4. The zero-order chi connectivity index (χ0) is 18.8. The van der Waals surface area contributed by atoms with Gasteiger partial charge in [-0.25, -0.2) is 4.39 Å². The summed E-state index contributed by atoms with van der Waals surface area (Å²) in [6, 6.07) is 12.9. The van der Waals surface area contributed by atoms with Gasteiger partial charge in [-0.1, -0.05) is 18.2 Å². The van der Waals surface area contributed by atoms with Gasteiger partial charge in [-0.2, -0.15) is 0 Å². The normalized spacial score (nSPS) is 16.3. The Hall–Kier alpha value is -2.66. The number of rotatable bonds is 5. The number of halogens is 1. The Kier molecular flexibility index (Phi) is 4.94. The summed E-state index contributed by atoms with van der Waals surface area (Å²) >= 11 is 0. The van der Waals surface area contributed by atoms with E-state index in [0.717, 1.165) is 30.2 Å². The van der Waals surface area contributed by atoms with E-state index in [2.05, 4.69) is 15.6 Å². The van der Waals surface area contributed by atoms with E-state index in [1.165, 1.54) is 17.3 Å². The Bertz CT molecular complexity index is 979. The van der Waals surface area contributed by atoms with E-state index in [-0.39, 0.29) is 17.8 Å². The van der Waals surface area contributed by atoms with Crippen molar-refractivity contribution in [1.82, 2.24) is 15.6 Å². The lowest BCUT2D eigenvalue weighted by atomic mass is 9.91. The van der Waals surface area contributed by atoms with E-state index in [9.17, 15) is 9.18 Å². The molecular weight excluding hydrogens is 341 g/mol. The van der Waals surface area contributed by atoms with E-state index in [1.54, 1.807) is 6.07 Å². The van der Waals surface area contributed by atoms with Gasteiger partial charge in [0.05, 0.1) is 0 Å². The molecule has 140 valence electrons. The predicted octanol–water partition coefficient (Wildman–Crippen LogP) is 4.22. The van der Waals surface area contributed by atoms with Crippen LogP contribution in [0.25, 0.3) is 10.9 Å². The highest BCUT2D eigenvalue weighted by atomic mass is 19.1. The molecule has 3 aromatic rings. The molecule has 0 radical (unpaired) electrons. The molecule has 0 saturated carbocycles. The molecule has 27 heavy (non-hydrogen) atoms. The standard InChI is InChI=1S/C22H24FN3O/c1-2-24-22(27)14-10-11-19-17(12-14)16-7-5-9-20(21(16)26-19)25-13-15-6-3-4-8-18(15)23/h3-4,6,8,10-12,20,25-26H,2,5,7,9,13H2,1H3,(H,24,27). The minimum atomic E-state index is -0.177. The summed E-state index contributed by atoms with van der Waals surface area (Å²) in [6.07, 6.45) is 3.07. The van der Waals surface area contributed by atoms with Gasteiger partial charge in [0.15, 0.2) is 0 Å². The highest BCUT2D eigenvalue weighted by Gasteiger charge is 2.24. The van der Waals surface area contributed by atoms with Gasteiger partial charge in [0.25, 0.3) is 5.91 Å². The first-order valence-corrected chi connectivity index (χ1v) is 9.57. The zero-order valence-electron chi connectivity index (χ0n) is 15.4. The molecular formula is C22H24FN3O. The molecule has 1 atom stereocenters. The first-order chi connectivity index (χ1) is 13.2. The molecule has 1 aliphatic rings. The third kappa shape index (κ3) is 3.47. The second kappa shape index (κ2) is 7.53. The minimum Gasteiger partial charge on any atom is -0.357 e. The monoisotopic (exact) mass is 365 g/mol. The summed E-state index contributed by atoms with van der Waals surface area (Å²) in [5, 5.41) is 7.47. The molecule has 0 fully saturated rings. The van der Waals surface area contributed by atoms with Gasteiger partial charge in [0.1, 0.15) is 5.82 Å². The largest absolute Gasteiger partial charge is 0.357 e. The number of benzene rings is 2. The average molecular weight is 365 g/mol. The highest BCUT2D eigenvalue weighted by Crippen LogP contribution is 2.35. The molecule has 1 amide bonds. The summed E-state index contributed by atoms with van der Waals surface area (Å²) in [6.45, 7) is 3.03. The van der Waals surface area contributed by atoms with Gasteiger partial charge < -0.3 is 15.6 Å². The Labute approximate surface area is 158 Å². The van der Waals surface area contributed by atoms with E-state index in [0.29, 0.717) is 24.2 Å². The van der Waals surface area contributed by atoms with Gasteiger partial charge in [-0.3, -0.25) is 4.79 Å². The molecule has 0 spiro atoms. The Morgan fingerprint density at radius 1 is 1.26 bits per heavy atom. The van der Waals surface area contributed by atoms with Crippen molar-refractivity contribution in [2.75, 3.05) is 6.54 Å². The van der Waals surface area contributed by atoms with Crippen molar-refractivity contribution < 1.29 is 9.18 Å². The maximum Gasteiger partial charge on any atom is 0.251 e. The van der Waals surface area contributed by atoms with E-state index < -0.39 is 0 Å².